The predicted molar refractivity (Wildman–Crippen MR) is 118 cm³/mol. The average molecular weight is 410 g/mol. The molecule has 3 rings (SSSR count). The molecule has 0 atom stereocenters. The van der Waals surface area contributed by atoms with Gasteiger partial charge in [0.25, 0.3) is 5.91 Å². The highest BCUT2D eigenvalue weighted by molar-refractivity contribution is 5.98. The van der Waals surface area contributed by atoms with E-state index in [4.69, 9.17) is 0 Å². The molecular weight excluding hydrogens is 378 g/mol. The van der Waals surface area contributed by atoms with Crippen LogP contribution in [0.2, 0.25) is 0 Å². The van der Waals surface area contributed by atoms with Crippen LogP contribution in [0.1, 0.15) is 56.0 Å². The highest BCUT2D eigenvalue weighted by atomic mass is 16.2. The van der Waals surface area contributed by atoms with Crippen molar-refractivity contribution >= 4 is 23.4 Å². The van der Waals surface area contributed by atoms with E-state index in [1.165, 1.54) is 5.57 Å². The predicted octanol–water partition coefficient (Wildman–Crippen LogP) is 3.55. The Hall–Kier alpha value is -2.89. The number of hydrogen-bond donors (Lipinski definition) is 1. The third-order valence-corrected chi connectivity index (χ3v) is 5.59. The zero-order valence-corrected chi connectivity index (χ0v) is 18.2. The SMILES string of the molecule is CC(C)=CCC/C(C)=C/C(=O)N1CCN(C(=O)c2ccc3c(c2)CCC(=O)N3)CC1. The van der Waals surface area contributed by atoms with E-state index in [1.54, 1.807) is 17.0 Å². The summed E-state index contributed by atoms with van der Waals surface area (Å²) in [5, 5.41) is 2.84. The molecule has 1 saturated heterocycles. The fraction of sp³-hybridized carbons (Fsp3) is 0.458. The molecule has 0 aliphatic carbocycles. The molecule has 0 aromatic heterocycles. The summed E-state index contributed by atoms with van der Waals surface area (Å²) < 4.78 is 0. The third kappa shape index (κ3) is 5.59. The van der Waals surface area contributed by atoms with Gasteiger partial charge < -0.3 is 15.1 Å². The van der Waals surface area contributed by atoms with Crippen LogP contribution in [-0.2, 0) is 16.0 Å². The molecule has 6 nitrogen and oxygen atoms in total. The van der Waals surface area contributed by atoms with Gasteiger partial charge in [-0.2, -0.15) is 0 Å². The lowest BCUT2D eigenvalue weighted by atomic mass is 10.00. The topological polar surface area (TPSA) is 69.7 Å². The Morgan fingerprint density at radius 1 is 1.03 bits per heavy atom. The van der Waals surface area contributed by atoms with E-state index in [2.05, 4.69) is 25.2 Å². The molecular formula is C24H31N3O3. The number of amides is 3. The Kier molecular flexibility index (Phi) is 7.08. The van der Waals surface area contributed by atoms with Crippen molar-refractivity contribution < 1.29 is 14.4 Å². The molecule has 2 aliphatic rings. The molecule has 2 aliphatic heterocycles. The highest BCUT2D eigenvalue weighted by Gasteiger charge is 2.25. The molecule has 1 N–H and O–H groups in total. The lowest BCUT2D eigenvalue weighted by molar-refractivity contribution is -0.127. The van der Waals surface area contributed by atoms with Gasteiger partial charge in [-0.05, 0) is 63.8 Å². The van der Waals surface area contributed by atoms with Crippen LogP contribution < -0.4 is 5.32 Å². The van der Waals surface area contributed by atoms with E-state index in [1.807, 2.05) is 24.0 Å². The standard InChI is InChI=1S/C24H31N3O3/c1-17(2)5-4-6-18(3)15-23(29)26-11-13-27(14-12-26)24(30)20-7-9-21-19(16-20)8-10-22(28)25-21/h5,7,9,15-16H,4,6,8,10-14H2,1-3H3,(H,25,28)/b18-15+. The fourth-order valence-corrected chi connectivity index (χ4v) is 3.79. The molecule has 0 radical (unpaired) electrons. The third-order valence-electron chi connectivity index (χ3n) is 5.59. The molecule has 0 unspecified atom stereocenters. The van der Waals surface area contributed by atoms with E-state index in [0.717, 1.165) is 29.7 Å². The molecule has 2 heterocycles. The Morgan fingerprint density at radius 2 is 1.73 bits per heavy atom. The van der Waals surface area contributed by atoms with Crippen LogP contribution in [0.3, 0.4) is 0 Å². The number of carbonyl (C=O) groups excluding carboxylic acids is 3. The molecule has 1 aromatic rings. The summed E-state index contributed by atoms with van der Waals surface area (Å²) in [7, 11) is 0. The van der Waals surface area contributed by atoms with Crippen molar-refractivity contribution in [1.82, 2.24) is 9.80 Å². The number of fused-ring (bicyclic) bond motifs is 1. The Bertz CT molecular complexity index is 889. The molecule has 160 valence electrons. The van der Waals surface area contributed by atoms with E-state index in [0.29, 0.717) is 44.6 Å². The lowest BCUT2D eigenvalue weighted by Crippen LogP contribution is -2.50. The zero-order valence-electron chi connectivity index (χ0n) is 18.2. The number of aryl methyl sites for hydroxylation is 1. The van der Waals surface area contributed by atoms with E-state index in [-0.39, 0.29) is 17.7 Å². The van der Waals surface area contributed by atoms with Gasteiger partial charge in [0.05, 0.1) is 0 Å². The molecule has 1 fully saturated rings. The Balaban J connectivity index is 1.54. The number of benzene rings is 1. The zero-order chi connectivity index (χ0) is 21.7. The van der Waals surface area contributed by atoms with Crippen LogP contribution >= 0.6 is 0 Å². The summed E-state index contributed by atoms with van der Waals surface area (Å²) in [6.45, 7) is 8.30. The quantitative estimate of drug-likeness (QED) is 0.597. The first kappa shape index (κ1) is 21.8. The number of piperazine rings is 1. The Labute approximate surface area is 178 Å². The maximum absolute atomic E-state index is 12.9. The smallest absolute Gasteiger partial charge is 0.253 e. The van der Waals surface area contributed by atoms with Gasteiger partial charge in [0.2, 0.25) is 11.8 Å². The minimum atomic E-state index is -0.0183. The van der Waals surface area contributed by atoms with Gasteiger partial charge in [-0.15, -0.1) is 0 Å². The van der Waals surface area contributed by atoms with Crippen molar-refractivity contribution in [3.05, 3.63) is 52.6 Å². The molecule has 3 amide bonds. The second kappa shape index (κ2) is 9.74. The number of allylic oxidation sites excluding steroid dienone is 3. The van der Waals surface area contributed by atoms with Crippen LogP contribution in [-0.4, -0.2) is 53.7 Å². The molecule has 0 bridgehead atoms. The van der Waals surface area contributed by atoms with Crippen molar-refractivity contribution in [2.45, 2.75) is 46.5 Å². The first-order chi connectivity index (χ1) is 14.3. The number of nitrogens with one attached hydrogen (secondary N) is 1. The van der Waals surface area contributed by atoms with Crippen LogP contribution in [0.25, 0.3) is 0 Å². The summed E-state index contributed by atoms with van der Waals surface area (Å²) in [6, 6.07) is 5.46. The Morgan fingerprint density at radius 3 is 2.43 bits per heavy atom. The maximum Gasteiger partial charge on any atom is 0.253 e. The number of anilines is 1. The normalized spacial score (nSPS) is 16.6. The van der Waals surface area contributed by atoms with Gasteiger partial charge >= 0.3 is 0 Å². The summed E-state index contributed by atoms with van der Waals surface area (Å²) in [5.74, 6) is 0.0279. The van der Waals surface area contributed by atoms with Gasteiger partial charge in [-0.3, -0.25) is 14.4 Å². The number of rotatable bonds is 5. The van der Waals surface area contributed by atoms with Crippen LogP contribution in [0, 0.1) is 0 Å². The van der Waals surface area contributed by atoms with E-state index in [9.17, 15) is 14.4 Å². The molecule has 1 aromatic carbocycles. The van der Waals surface area contributed by atoms with Crippen molar-refractivity contribution in [3.63, 3.8) is 0 Å². The fourth-order valence-electron chi connectivity index (χ4n) is 3.79. The first-order valence-corrected chi connectivity index (χ1v) is 10.6. The van der Waals surface area contributed by atoms with Gasteiger partial charge in [0, 0.05) is 49.9 Å². The van der Waals surface area contributed by atoms with Gasteiger partial charge in [-0.25, -0.2) is 0 Å². The molecule has 6 heteroatoms. The highest BCUT2D eigenvalue weighted by Crippen LogP contribution is 2.24. The average Bonchev–Trinajstić information content (AvgIpc) is 2.72. The van der Waals surface area contributed by atoms with E-state index >= 15 is 0 Å². The van der Waals surface area contributed by atoms with Crippen LogP contribution in [0.15, 0.2) is 41.5 Å². The second-order valence-corrected chi connectivity index (χ2v) is 8.35. The van der Waals surface area contributed by atoms with Crippen LogP contribution in [0.5, 0.6) is 0 Å². The molecule has 0 spiro atoms. The summed E-state index contributed by atoms with van der Waals surface area (Å²) >= 11 is 0. The van der Waals surface area contributed by atoms with Crippen molar-refractivity contribution in [2.24, 2.45) is 0 Å². The van der Waals surface area contributed by atoms with Crippen molar-refractivity contribution in [3.8, 4) is 0 Å². The maximum atomic E-state index is 12.9. The lowest BCUT2D eigenvalue weighted by Gasteiger charge is -2.34. The summed E-state index contributed by atoms with van der Waals surface area (Å²) in [6.07, 6.45) is 6.85. The molecule has 30 heavy (non-hydrogen) atoms. The number of hydrogen-bond acceptors (Lipinski definition) is 3. The largest absolute Gasteiger partial charge is 0.336 e. The monoisotopic (exact) mass is 409 g/mol. The minimum absolute atomic E-state index is 0.0172. The summed E-state index contributed by atoms with van der Waals surface area (Å²) in [4.78, 5) is 40.5. The number of nitrogens with zero attached hydrogens (tertiary/aromatic N) is 2. The second-order valence-electron chi connectivity index (χ2n) is 8.35. The van der Waals surface area contributed by atoms with Crippen LogP contribution in [0.4, 0.5) is 5.69 Å². The van der Waals surface area contributed by atoms with Crippen molar-refractivity contribution in [2.75, 3.05) is 31.5 Å². The van der Waals surface area contributed by atoms with Crippen molar-refractivity contribution in [1.29, 1.82) is 0 Å². The van der Waals surface area contributed by atoms with Gasteiger partial charge in [0.1, 0.15) is 0 Å². The molecule has 0 saturated carbocycles. The van der Waals surface area contributed by atoms with Gasteiger partial charge in [-0.1, -0.05) is 17.2 Å². The van der Waals surface area contributed by atoms with Gasteiger partial charge in [0.15, 0.2) is 0 Å². The van der Waals surface area contributed by atoms with E-state index < -0.39 is 0 Å². The summed E-state index contributed by atoms with van der Waals surface area (Å²) in [5.41, 5.74) is 4.81. The first-order valence-electron chi connectivity index (χ1n) is 10.6. The minimum Gasteiger partial charge on any atom is -0.336 e. The number of carbonyl (C=O) groups is 3.